The standard InChI is InChI=1S/C24H27N5O2S/c1-16-5-3-4-6-20(16)27-10-12-28(13-11-27)23(30)21-18-15-29(9-7-19(18)25-26-21)24(31)22-17(2)8-14-32-22/h3-6,8,14H,7,9-13,15H2,1-2H3,(H,25,26). The Bertz CT molecular complexity index is 1160. The third kappa shape index (κ3) is 3.68. The molecule has 4 heterocycles. The van der Waals surface area contributed by atoms with Crippen LogP contribution in [0.4, 0.5) is 5.69 Å². The number of fused-ring (bicyclic) bond motifs is 1. The second-order valence-corrected chi connectivity index (χ2v) is 9.42. The lowest BCUT2D eigenvalue weighted by Crippen LogP contribution is -2.49. The maximum Gasteiger partial charge on any atom is 0.274 e. The van der Waals surface area contributed by atoms with E-state index in [0.717, 1.165) is 34.8 Å². The Balaban J connectivity index is 1.29. The van der Waals surface area contributed by atoms with Gasteiger partial charge in [0.25, 0.3) is 11.8 Å². The summed E-state index contributed by atoms with van der Waals surface area (Å²) in [6, 6.07) is 10.3. The maximum atomic E-state index is 13.3. The number of H-pyrrole nitrogens is 1. The summed E-state index contributed by atoms with van der Waals surface area (Å²) in [6.45, 7) is 8.05. The molecule has 1 fully saturated rings. The number of aromatic amines is 1. The zero-order chi connectivity index (χ0) is 22.2. The predicted octanol–water partition coefficient (Wildman–Crippen LogP) is 3.25. The van der Waals surface area contributed by atoms with Crippen LogP contribution in [0.1, 0.15) is 42.5 Å². The number of para-hydroxylation sites is 1. The fourth-order valence-electron chi connectivity index (χ4n) is 4.60. The van der Waals surface area contributed by atoms with Crippen molar-refractivity contribution in [3.63, 3.8) is 0 Å². The lowest BCUT2D eigenvalue weighted by molar-refractivity contribution is 0.0711. The van der Waals surface area contributed by atoms with Crippen molar-refractivity contribution < 1.29 is 9.59 Å². The van der Waals surface area contributed by atoms with Gasteiger partial charge in [0, 0.05) is 56.1 Å². The number of hydrogen-bond acceptors (Lipinski definition) is 5. The molecule has 0 aliphatic carbocycles. The maximum absolute atomic E-state index is 13.3. The van der Waals surface area contributed by atoms with Crippen molar-refractivity contribution in [3.8, 4) is 0 Å². The molecule has 0 bridgehead atoms. The molecule has 2 amide bonds. The van der Waals surface area contributed by atoms with E-state index in [2.05, 4.69) is 40.2 Å². The summed E-state index contributed by atoms with van der Waals surface area (Å²) in [5.74, 6) is -0.0110. The van der Waals surface area contributed by atoms with E-state index < -0.39 is 0 Å². The first-order valence-corrected chi connectivity index (χ1v) is 11.9. The molecular formula is C24H27N5O2S. The zero-order valence-corrected chi connectivity index (χ0v) is 19.2. The second-order valence-electron chi connectivity index (χ2n) is 8.50. The number of nitrogens with one attached hydrogen (secondary N) is 1. The van der Waals surface area contributed by atoms with Crippen LogP contribution in [-0.2, 0) is 13.0 Å². The van der Waals surface area contributed by atoms with Crippen molar-refractivity contribution in [2.75, 3.05) is 37.6 Å². The Morgan fingerprint density at radius 2 is 1.72 bits per heavy atom. The van der Waals surface area contributed by atoms with Crippen LogP contribution < -0.4 is 4.90 Å². The normalized spacial score (nSPS) is 16.2. The van der Waals surface area contributed by atoms with Gasteiger partial charge in [-0.25, -0.2) is 0 Å². The quantitative estimate of drug-likeness (QED) is 0.666. The van der Waals surface area contributed by atoms with Gasteiger partial charge in [0.2, 0.25) is 0 Å². The Morgan fingerprint density at radius 1 is 0.938 bits per heavy atom. The lowest BCUT2D eigenvalue weighted by atomic mass is 10.0. The van der Waals surface area contributed by atoms with E-state index in [9.17, 15) is 9.59 Å². The molecule has 1 N–H and O–H groups in total. The number of amides is 2. The molecule has 7 nitrogen and oxygen atoms in total. The van der Waals surface area contributed by atoms with E-state index in [1.54, 1.807) is 0 Å². The van der Waals surface area contributed by atoms with E-state index in [0.29, 0.717) is 38.3 Å². The summed E-state index contributed by atoms with van der Waals surface area (Å²) < 4.78 is 0. The molecule has 0 atom stereocenters. The molecule has 2 aromatic heterocycles. The first kappa shape index (κ1) is 20.8. The Morgan fingerprint density at radius 3 is 2.44 bits per heavy atom. The molecule has 1 saturated heterocycles. The van der Waals surface area contributed by atoms with Crippen LogP contribution >= 0.6 is 11.3 Å². The number of piperazine rings is 1. The number of aryl methyl sites for hydroxylation is 2. The third-order valence-electron chi connectivity index (χ3n) is 6.50. The minimum absolute atomic E-state index is 0.0367. The number of anilines is 1. The van der Waals surface area contributed by atoms with E-state index in [1.165, 1.54) is 22.6 Å². The van der Waals surface area contributed by atoms with Crippen molar-refractivity contribution >= 4 is 28.8 Å². The van der Waals surface area contributed by atoms with Gasteiger partial charge in [0.05, 0.1) is 11.4 Å². The van der Waals surface area contributed by atoms with Gasteiger partial charge in [-0.05, 0) is 42.5 Å². The van der Waals surface area contributed by atoms with Gasteiger partial charge in [-0.2, -0.15) is 5.10 Å². The van der Waals surface area contributed by atoms with Gasteiger partial charge in [0.1, 0.15) is 0 Å². The highest BCUT2D eigenvalue weighted by molar-refractivity contribution is 7.12. The van der Waals surface area contributed by atoms with E-state index in [-0.39, 0.29) is 11.8 Å². The van der Waals surface area contributed by atoms with E-state index in [1.807, 2.05) is 34.2 Å². The van der Waals surface area contributed by atoms with E-state index in [4.69, 9.17) is 0 Å². The molecule has 0 spiro atoms. The molecule has 8 heteroatoms. The molecule has 2 aliphatic heterocycles. The van der Waals surface area contributed by atoms with Crippen LogP contribution in [0.25, 0.3) is 0 Å². The molecule has 0 saturated carbocycles. The lowest BCUT2D eigenvalue weighted by Gasteiger charge is -2.36. The summed E-state index contributed by atoms with van der Waals surface area (Å²) in [5, 5.41) is 9.37. The van der Waals surface area contributed by atoms with Gasteiger partial charge in [-0.1, -0.05) is 18.2 Å². The van der Waals surface area contributed by atoms with Crippen LogP contribution in [0, 0.1) is 13.8 Å². The van der Waals surface area contributed by atoms with E-state index >= 15 is 0 Å². The Kier molecular flexibility index (Phi) is 5.46. The van der Waals surface area contributed by atoms with Gasteiger partial charge in [-0.3, -0.25) is 14.7 Å². The van der Waals surface area contributed by atoms with Gasteiger partial charge in [0.15, 0.2) is 5.69 Å². The molecule has 3 aromatic rings. The van der Waals surface area contributed by atoms with Crippen LogP contribution in [0.5, 0.6) is 0 Å². The number of carbonyl (C=O) groups excluding carboxylic acids is 2. The van der Waals surface area contributed by atoms with Crippen molar-refractivity contribution in [1.82, 2.24) is 20.0 Å². The van der Waals surface area contributed by atoms with Gasteiger partial charge < -0.3 is 14.7 Å². The van der Waals surface area contributed by atoms with Gasteiger partial charge in [-0.15, -0.1) is 11.3 Å². The average Bonchev–Trinajstić information content (AvgIpc) is 3.44. The summed E-state index contributed by atoms with van der Waals surface area (Å²) >= 11 is 1.47. The van der Waals surface area contributed by atoms with Crippen molar-refractivity contribution in [1.29, 1.82) is 0 Å². The topological polar surface area (TPSA) is 72.5 Å². The molecule has 32 heavy (non-hydrogen) atoms. The van der Waals surface area contributed by atoms with Crippen molar-refractivity contribution in [2.45, 2.75) is 26.8 Å². The molecule has 0 radical (unpaired) electrons. The van der Waals surface area contributed by atoms with Crippen molar-refractivity contribution in [2.24, 2.45) is 0 Å². The fourth-order valence-corrected chi connectivity index (χ4v) is 5.49. The minimum Gasteiger partial charge on any atom is -0.368 e. The molecule has 2 aliphatic rings. The first-order valence-electron chi connectivity index (χ1n) is 11.0. The third-order valence-corrected chi connectivity index (χ3v) is 7.51. The van der Waals surface area contributed by atoms with Gasteiger partial charge >= 0.3 is 0 Å². The highest BCUT2D eigenvalue weighted by atomic mass is 32.1. The second kappa shape index (κ2) is 8.43. The molecule has 1 aromatic carbocycles. The largest absolute Gasteiger partial charge is 0.368 e. The Hall–Kier alpha value is -3.13. The average molecular weight is 450 g/mol. The number of rotatable bonds is 3. The monoisotopic (exact) mass is 449 g/mol. The SMILES string of the molecule is Cc1ccccc1N1CCN(C(=O)c2n[nH]c3c2CN(C(=O)c2sccc2C)CC3)CC1. The predicted molar refractivity (Wildman–Crippen MR) is 125 cm³/mol. The molecule has 5 rings (SSSR count). The minimum atomic E-state index is -0.0477. The highest BCUT2D eigenvalue weighted by Crippen LogP contribution is 2.26. The summed E-state index contributed by atoms with van der Waals surface area (Å²) in [7, 11) is 0. The smallest absolute Gasteiger partial charge is 0.274 e. The van der Waals surface area contributed by atoms with Crippen LogP contribution in [0.3, 0.4) is 0 Å². The van der Waals surface area contributed by atoms with Crippen molar-refractivity contribution in [3.05, 3.63) is 68.7 Å². The molecule has 166 valence electrons. The molecular weight excluding hydrogens is 422 g/mol. The Labute approximate surface area is 191 Å². The number of nitrogens with zero attached hydrogens (tertiary/aromatic N) is 4. The number of hydrogen-bond donors (Lipinski definition) is 1. The fraction of sp³-hybridized carbons (Fsp3) is 0.375. The molecule has 0 unspecified atom stereocenters. The number of carbonyl (C=O) groups is 2. The highest BCUT2D eigenvalue weighted by Gasteiger charge is 2.32. The van der Waals surface area contributed by atoms with Crippen LogP contribution in [0.15, 0.2) is 35.7 Å². The first-order chi connectivity index (χ1) is 15.5. The summed E-state index contributed by atoms with van der Waals surface area (Å²) in [4.78, 5) is 33.2. The summed E-state index contributed by atoms with van der Waals surface area (Å²) in [6.07, 6.45) is 0.687. The van der Waals surface area contributed by atoms with Crippen LogP contribution in [-0.4, -0.2) is 64.5 Å². The number of benzene rings is 1. The number of thiophene rings is 1. The summed E-state index contributed by atoms with van der Waals surface area (Å²) in [5.41, 5.74) is 5.78. The number of aromatic nitrogens is 2. The van der Waals surface area contributed by atoms with Crippen LogP contribution in [0.2, 0.25) is 0 Å². The zero-order valence-electron chi connectivity index (χ0n) is 18.4.